The predicted molar refractivity (Wildman–Crippen MR) is 92.9 cm³/mol. The lowest BCUT2D eigenvalue weighted by Crippen LogP contribution is -2.42. The highest BCUT2D eigenvalue weighted by Crippen LogP contribution is 2.48. The van der Waals surface area contributed by atoms with Crippen LogP contribution in [0.4, 0.5) is 5.69 Å². The van der Waals surface area contributed by atoms with Crippen molar-refractivity contribution in [2.45, 2.75) is 20.3 Å². The number of nitrogens with one attached hydrogen (secondary N) is 1. The van der Waals surface area contributed by atoms with Crippen molar-refractivity contribution >= 4 is 23.5 Å². The van der Waals surface area contributed by atoms with Gasteiger partial charge in [0.1, 0.15) is 0 Å². The molecule has 2 aliphatic carbocycles. The molecule has 1 saturated carbocycles. The van der Waals surface area contributed by atoms with E-state index in [9.17, 15) is 19.5 Å². The summed E-state index contributed by atoms with van der Waals surface area (Å²) in [7, 11) is 0. The topological polar surface area (TPSA) is 95.5 Å². The van der Waals surface area contributed by atoms with Gasteiger partial charge in [-0.3, -0.25) is 4.79 Å². The summed E-state index contributed by atoms with van der Waals surface area (Å²) in [5.74, 6) is -3.25. The summed E-state index contributed by atoms with van der Waals surface area (Å²) >= 11 is 0. The predicted octanol–water partition coefficient (Wildman–Crippen LogP) is 1.63. The first kappa shape index (κ1) is 18.2. The van der Waals surface area contributed by atoms with Gasteiger partial charge >= 0.3 is 5.97 Å². The number of hydrogen-bond donors (Lipinski definition) is 1. The van der Waals surface area contributed by atoms with Gasteiger partial charge in [-0.05, 0) is 48.4 Å². The van der Waals surface area contributed by atoms with Crippen LogP contribution in [0.2, 0.25) is 0 Å². The molecule has 138 valence electrons. The van der Waals surface area contributed by atoms with Crippen molar-refractivity contribution < 1.29 is 24.2 Å². The van der Waals surface area contributed by atoms with E-state index in [2.05, 4.69) is 5.32 Å². The molecule has 2 bridgehead atoms. The molecular weight excluding hydrogens is 334 g/mol. The van der Waals surface area contributed by atoms with Gasteiger partial charge < -0.3 is 20.0 Å². The minimum atomic E-state index is -1.18. The zero-order valence-electron chi connectivity index (χ0n) is 14.8. The molecule has 0 aliphatic heterocycles. The van der Waals surface area contributed by atoms with Crippen molar-refractivity contribution in [2.75, 3.05) is 11.9 Å². The summed E-state index contributed by atoms with van der Waals surface area (Å²) in [6, 6.07) is 6.38. The Bertz CT molecular complexity index is 737. The van der Waals surface area contributed by atoms with E-state index in [1.165, 1.54) is 0 Å². The van der Waals surface area contributed by atoms with E-state index in [1.54, 1.807) is 24.3 Å². The third kappa shape index (κ3) is 3.64. The number of ether oxygens (including phenoxy) is 1. The maximum atomic E-state index is 12.6. The second-order valence-corrected chi connectivity index (χ2v) is 7.38. The van der Waals surface area contributed by atoms with Crippen LogP contribution in [0.5, 0.6) is 0 Å². The number of carboxylic acids is 1. The van der Waals surface area contributed by atoms with E-state index in [0.717, 1.165) is 0 Å². The molecule has 1 amide bonds. The molecule has 1 aromatic rings. The van der Waals surface area contributed by atoms with Crippen LogP contribution in [0, 0.1) is 29.6 Å². The van der Waals surface area contributed by atoms with Gasteiger partial charge in [0.15, 0.2) is 0 Å². The fraction of sp³-hybridized carbons (Fsp3) is 0.450. The molecule has 0 spiro atoms. The second-order valence-electron chi connectivity index (χ2n) is 7.38. The Morgan fingerprint density at radius 1 is 1.12 bits per heavy atom. The second kappa shape index (κ2) is 7.32. The molecule has 4 atom stereocenters. The first-order valence-electron chi connectivity index (χ1n) is 8.84. The number of aliphatic carboxylic acids is 1. The molecule has 26 heavy (non-hydrogen) atoms. The van der Waals surface area contributed by atoms with E-state index in [1.807, 2.05) is 26.0 Å². The molecule has 1 fully saturated rings. The average molecular weight is 356 g/mol. The van der Waals surface area contributed by atoms with Gasteiger partial charge in [-0.15, -0.1) is 0 Å². The maximum Gasteiger partial charge on any atom is 0.338 e. The minimum Gasteiger partial charge on any atom is -0.550 e. The average Bonchev–Trinajstić information content (AvgIpc) is 3.21. The van der Waals surface area contributed by atoms with Gasteiger partial charge in [0.05, 0.1) is 18.1 Å². The molecule has 6 nitrogen and oxygen atoms in total. The van der Waals surface area contributed by atoms with Gasteiger partial charge in [0, 0.05) is 17.6 Å². The summed E-state index contributed by atoms with van der Waals surface area (Å²) in [5, 5.41) is 14.2. The van der Waals surface area contributed by atoms with Crippen LogP contribution >= 0.6 is 0 Å². The molecule has 0 heterocycles. The highest BCUT2D eigenvalue weighted by atomic mass is 16.5. The number of hydrogen-bond acceptors (Lipinski definition) is 5. The Hall–Kier alpha value is -2.63. The fourth-order valence-electron chi connectivity index (χ4n) is 3.74. The highest BCUT2D eigenvalue weighted by Gasteiger charge is 2.48. The molecule has 0 radical (unpaired) electrons. The van der Waals surface area contributed by atoms with Gasteiger partial charge in [-0.2, -0.15) is 0 Å². The van der Waals surface area contributed by atoms with Crippen LogP contribution < -0.4 is 10.4 Å². The van der Waals surface area contributed by atoms with E-state index in [0.29, 0.717) is 24.3 Å². The molecule has 1 aromatic carbocycles. The van der Waals surface area contributed by atoms with Crippen LogP contribution in [0.3, 0.4) is 0 Å². The number of allylic oxidation sites excluding steroid dienone is 2. The van der Waals surface area contributed by atoms with Crippen LogP contribution in [0.1, 0.15) is 30.6 Å². The number of carbonyl (C=O) groups excluding carboxylic acids is 3. The van der Waals surface area contributed by atoms with E-state index < -0.39 is 23.8 Å². The lowest BCUT2D eigenvalue weighted by Gasteiger charge is -2.27. The Kier molecular flexibility index (Phi) is 5.11. The molecule has 0 saturated heterocycles. The summed E-state index contributed by atoms with van der Waals surface area (Å²) in [4.78, 5) is 35.9. The van der Waals surface area contributed by atoms with Crippen molar-refractivity contribution in [1.82, 2.24) is 0 Å². The normalized spacial score (nSPS) is 26.1. The molecule has 6 heteroatoms. The first-order chi connectivity index (χ1) is 12.4. The van der Waals surface area contributed by atoms with E-state index in [4.69, 9.17) is 4.74 Å². The third-order valence-corrected chi connectivity index (χ3v) is 4.97. The number of rotatable bonds is 6. The molecule has 3 rings (SSSR count). The quantitative estimate of drug-likeness (QED) is 0.617. The first-order valence-corrected chi connectivity index (χ1v) is 8.84. The van der Waals surface area contributed by atoms with Crippen molar-refractivity contribution in [1.29, 1.82) is 0 Å². The Morgan fingerprint density at radius 3 is 2.31 bits per heavy atom. The number of anilines is 1. The summed E-state index contributed by atoms with van der Waals surface area (Å²) in [6.45, 7) is 4.26. The highest BCUT2D eigenvalue weighted by molar-refractivity contribution is 5.97. The summed E-state index contributed by atoms with van der Waals surface area (Å²) in [5.41, 5.74) is 0.915. The Morgan fingerprint density at radius 2 is 1.73 bits per heavy atom. The zero-order valence-corrected chi connectivity index (χ0v) is 14.8. The summed E-state index contributed by atoms with van der Waals surface area (Å²) < 4.78 is 5.16. The van der Waals surface area contributed by atoms with Gasteiger partial charge in [0.2, 0.25) is 5.91 Å². The number of fused-ring (bicyclic) bond motifs is 2. The third-order valence-electron chi connectivity index (χ3n) is 4.97. The Labute approximate surface area is 152 Å². The Balaban J connectivity index is 1.64. The smallest absolute Gasteiger partial charge is 0.338 e. The van der Waals surface area contributed by atoms with Crippen molar-refractivity contribution in [3.8, 4) is 0 Å². The molecular formula is C20H22NO5-. The molecule has 0 aromatic heterocycles. The van der Waals surface area contributed by atoms with Crippen LogP contribution in [0.15, 0.2) is 36.4 Å². The van der Waals surface area contributed by atoms with Gasteiger partial charge in [0.25, 0.3) is 0 Å². The standard InChI is InChI=1S/C20H23NO5/c1-11(2)10-26-20(25)12-5-7-15(8-6-12)21-18(22)16-13-3-4-14(9-13)17(16)19(23)24/h3-8,11,13-14,16-17H,9-10H2,1-2H3,(H,21,22)(H,23,24)/p-1/t13-,14-,16+,17-/m0/s1. The SMILES string of the molecule is CC(C)COC(=O)c1ccc(NC(=O)[C@H]2[C@@H](C(=O)[O-])[C@H]3C=C[C@H]2C3)cc1. The lowest BCUT2D eigenvalue weighted by atomic mass is 9.82. The molecule has 0 unspecified atom stereocenters. The molecule has 1 N–H and O–H groups in total. The lowest BCUT2D eigenvalue weighted by molar-refractivity contribution is -0.313. The molecule has 2 aliphatic rings. The van der Waals surface area contributed by atoms with Crippen LogP contribution in [0.25, 0.3) is 0 Å². The van der Waals surface area contributed by atoms with Crippen LogP contribution in [-0.4, -0.2) is 24.5 Å². The minimum absolute atomic E-state index is 0.0619. The largest absolute Gasteiger partial charge is 0.550 e. The van der Waals surface area contributed by atoms with Crippen molar-refractivity contribution in [3.63, 3.8) is 0 Å². The number of carbonyl (C=O) groups is 3. The number of esters is 1. The number of benzene rings is 1. The van der Waals surface area contributed by atoms with Crippen LogP contribution in [-0.2, 0) is 14.3 Å². The monoisotopic (exact) mass is 356 g/mol. The number of amides is 1. The fourth-order valence-corrected chi connectivity index (χ4v) is 3.74. The van der Waals surface area contributed by atoms with E-state index in [-0.39, 0.29) is 23.7 Å². The van der Waals surface area contributed by atoms with Gasteiger partial charge in [-0.25, -0.2) is 4.79 Å². The van der Waals surface area contributed by atoms with Crippen molar-refractivity contribution in [3.05, 3.63) is 42.0 Å². The number of carboxylic acid groups (broad SMARTS) is 1. The zero-order chi connectivity index (χ0) is 18.8. The van der Waals surface area contributed by atoms with Gasteiger partial charge in [-0.1, -0.05) is 26.0 Å². The van der Waals surface area contributed by atoms with E-state index >= 15 is 0 Å². The van der Waals surface area contributed by atoms with Crippen molar-refractivity contribution in [2.24, 2.45) is 29.6 Å². The summed E-state index contributed by atoms with van der Waals surface area (Å²) in [6.07, 6.45) is 4.46. The maximum absolute atomic E-state index is 12.6.